The fourth-order valence-electron chi connectivity index (χ4n) is 2.64. The summed E-state index contributed by atoms with van der Waals surface area (Å²) in [6.45, 7) is 3.98. The molecule has 0 bridgehead atoms. The Morgan fingerprint density at radius 2 is 1.28 bits per heavy atom. The number of carbonyl (C=O) groups excluding carboxylic acids is 1. The molecule has 3 nitrogen and oxygen atoms in total. The van der Waals surface area contributed by atoms with Crippen molar-refractivity contribution in [1.82, 2.24) is 0 Å². The summed E-state index contributed by atoms with van der Waals surface area (Å²) in [5, 5.41) is 10.7. The van der Waals surface area contributed by atoms with Gasteiger partial charge in [0.25, 0.3) is 5.97 Å². The molecule has 1 atom stereocenters. The van der Waals surface area contributed by atoms with Crippen LogP contribution in [0.4, 0.5) is 0 Å². The molecule has 0 rings (SSSR count). The average molecular weight is 346 g/mol. The molecule has 0 aromatic rings. The van der Waals surface area contributed by atoms with Crippen LogP contribution in [0.1, 0.15) is 104 Å². The Balaban J connectivity index is 0. The van der Waals surface area contributed by atoms with Crippen LogP contribution in [-0.4, -0.2) is 18.7 Å². The molecule has 0 aliphatic carbocycles. The standard InChI is InChI=1S/C21H39O3.Li/c1-3-4-5-6-7-8-9-10-11-12-13-14-15-16-17-18-19-24-21(23)20(2)22;/h10-11,20H,3-9,12-19H2,1-2H3;/q-1;+1/b11-10-;. The van der Waals surface area contributed by atoms with Gasteiger partial charge in [0.05, 0.1) is 6.61 Å². The van der Waals surface area contributed by atoms with Gasteiger partial charge in [0.2, 0.25) is 0 Å². The fraction of sp³-hybridized carbons (Fsp3) is 0.857. The Bertz CT molecular complexity index is 304. The molecule has 0 N–H and O–H groups in total. The Kier molecular flexibility index (Phi) is 23.5. The first-order valence-electron chi connectivity index (χ1n) is 10.2. The molecular weight excluding hydrogens is 307 g/mol. The third kappa shape index (κ3) is 21.7. The van der Waals surface area contributed by atoms with Crippen molar-refractivity contribution < 1.29 is 33.5 Å². The first kappa shape index (κ1) is 27.0. The van der Waals surface area contributed by atoms with Gasteiger partial charge in [-0.3, -0.25) is 4.79 Å². The minimum atomic E-state index is -1.25. The largest absolute Gasteiger partial charge is 1.00 e. The SMILES string of the molecule is CCCCCCCC/C=C\CCCCCCCCOC(=O)C(C)[O-].[Li+]. The predicted molar refractivity (Wildman–Crippen MR) is 99.9 cm³/mol. The molecule has 0 aliphatic heterocycles. The van der Waals surface area contributed by atoms with Crippen LogP contribution in [0.2, 0.25) is 0 Å². The number of ether oxygens (including phenoxy) is 1. The molecule has 0 aliphatic rings. The Morgan fingerprint density at radius 3 is 1.76 bits per heavy atom. The van der Waals surface area contributed by atoms with E-state index in [1.165, 1.54) is 84.0 Å². The molecule has 0 spiro atoms. The van der Waals surface area contributed by atoms with Gasteiger partial charge in [-0.15, -0.1) is 0 Å². The van der Waals surface area contributed by atoms with Gasteiger partial charge >= 0.3 is 18.9 Å². The van der Waals surface area contributed by atoms with Gasteiger partial charge < -0.3 is 9.84 Å². The van der Waals surface area contributed by atoms with Crippen molar-refractivity contribution in [3.8, 4) is 0 Å². The number of unbranched alkanes of at least 4 members (excludes halogenated alkanes) is 12. The fourth-order valence-corrected chi connectivity index (χ4v) is 2.64. The summed E-state index contributed by atoms with van der Waals surface area (Å²) in [6, 6.07) is 0. The van der Waals surface area contributed by atoms with E-state index in [-0.39, 0.29) is 18.9 Å². The van der Waals surface area contributed by atoms with E-state index < -0.39 is 12.1 Å². The Hall–Kier alpha value is -0.233. The quantitative estimate of drug-likeness (QED) is 0.176. The van der Waals surface area contributed by atoms with Gasteiger partial charge in [-0.1, -0.05) is 83.8 Å². The number of esters is 1. The van der Waals surface area contributed by atoms with Gasteiger partial charge in [0.1, 0.15) is 0 Å². The molecule has 0 saturated heterocycles. The molecule has 142 valence electrons. The van der Waals surface area contributed by atoms with Crippen LogP contribution in [0.15, 0.2) is 12.2 Å². The maximum Gasteiger partial charge on any atom is 1.00 e. The zero-order valence-electron chi connectivity index (χ0n) is 17.1. The summed E-state index contributed by atoms with van der Waals surface area (Å²) in [7, 11) is 0. The zero-order chi connectivity index (χ0) is 17.9. The second-order valence-corrected chi connectivity index (χ2v) is 6.75. The number of hydrogen-bond acceptors (Lipinski definition) is 3. The van der Waals surface area contributed by atoms with Gasteiger partial charge in [-0.25, -0.2) is 0 Å². The Labute approximate surface area is 168 Å². The first-order valence-corrected chi connectivity index (χ1v) is 10.2. The second kappa shape index (κ2) is 21.8. The van der Waals surface area contributed by atoms with Crippen LogP contribution < -0.4 is 24.0 Å². The molecule has 0 amide bonds. The molecule has 0 aromatic heterocycles. The molecule has 0 radical (unpaired) electrons. The van der Waals surface area contributed by atoms with Gasteiger partial charge in [-0.2, -0.15) is 0 Å². The van der Waals surface area contributed by atoms with Crippen molar-refractivity contribution in [3.63, 3.8) is 0 Å². The van der Waals surface area contributed by atoms with Crippen LogP contribution in [0, 0.1) is 0 Å². The van der Waals surface area contributed by atoms with E-state index in [2.05, 4.69) is 19.1 Å². The van der Waals surface area contributed by atoms with E-state index in [0.29, 0.717) is 6.61 Å². The predicted octanol–water partition coefficient (Wildman–Crippen LogP) is 2.32. The smallest absolute Gasteiger partial charge is 0.844 e. The number of hydrogen-bond donors (Lipinski definition) is 0. The van der Waals surface area contributed by atoms with Crippen molar-refractivity contribution in [1.29, 1.82) is 0 Å². The summed E-state index contributed by atoms with van der Waals surface area (Å²) in [4.78, 5) is 11.0. The molecule has 0 fully saturated rings. The van der Waals surface area contributed by atoms with E-state index in [0.717, 1.165) is 12.8 Å². The van der Waals surface area contributed by atoms with E-state index in [1.54, 1.807) is 0 Å². The maximum atomic E-state index is 11.0. The molecule has 0 heterocycles. The van der Waals surface area contributed by atoms with E-state index in [4.69, 9.17) is 4.74 Å². The molecule has 4 heteroatoms. The van der Waals surface area contributed by atoms with Crippen molar-refractivity contribution >= 4 is 5.97 Å². The third-order valence-corrected chi connectivity index (χ3v) is 4.23. The van der Waals surface area contributed by atoms with E-state index in [1.807, 2.05) is 0 Å². The summed E-state index contributed by atoms with van der Waals surface area (Å²) in [5.74, 6) is -0.622. The van der Waals surface area contributed by atoms with Gasteiger partial charge in [-0.05, 0) is 38.2 Å². The summed E-state index contributed by atoms with van der Waals surface area (Å²) < 4.78 is 4.86. The van der Waals surface area contributed by atoms with Crippen LogP contribution in [0.5, 0.6) is 0 Å². The minimum absolute atomic E-state index is 0. The molecule has 0 saturated carbocycles. The molecule has 0 aromatic carbocycles. The van der Waals surface area contributed by atoms with Crippen LogP contribution in [-0.2, 0) is 9.53 Å². The molecule has 25 heavy (non-hydrogen) atoms. The van der Waals surface area contributed by atoms with Crippen molar-refractivity contribution in [2.45, 2.75) is 110 Å². The number of carbonyl (C=O) groups is 1. The van der Waals surface area contributed by atoms with Crippen molar-refractivity contribution in [2.24, 2.45) is 0 Å². The average Bonchev–Trinajstić information content (AvgIpc) is 2.57. The van der Waals surface area contributed by atoms with Crippen molar-refractivity contribution in [2.75, 3.05) is 6.61 Å². The summed E-state index contributed by atoms with van der Waals surface area (Å²) in [5.41, 5.74) is 0. The monoisotopic (exact) mass is 346 g/mol. The number of allylic oxidation sites excluding steroid dienone is 2. The van der Waals surface area contributed by atoms with Crippen molar-refractivity contribution in [3.05, 3.63) is 12.2 Å². The van der Waals surface area contributed by atoms with Crippen LogP contribution >= 0.6 is 0 Å². The molecule has 1 unspecified atom stereocenters. The Morgan fingerprint density at radius 1 is 0.840 bits per heavy atom. The number of rotatable bonds is 17. The summed E-state index contributed by atoms with van der Waals surface area (Å²) in [6.07, 6.45) is 21.1. The topological polar surface area (TPSA) is 49.4 Å². The minimum Gasteiger partial charge on any atom is -0.844 e. The van der Waals surface area contributed by atoms with Gasteiger partial charge in [0, 0.05) is 0 Å². The maximum absolute atomic E-state index is 11.0. The second-order valence-electron chi connectivity index (χ2n) is 6.75. The van der Waals surface area contributed by atoms with Gasteiger partial charge in [0.15, 0.2) is 0 Å². The molecular formula is C21H39LiO3. The third-order valence-electron chi connectivity index (χ3n) is 4.23. The normalized spacial score (nSPS) is 12.1. The van der Waals surface area contributed by atoms with Crippen LogP contribution in [0.3, 0.4) is 0 Å². The zero-order valence-corrected chi connectivity index (χ0v) is 17.1. The van der Waals surface area contributed by atoms with E-state index in [9.17, 15) is 9.90 Å². The van der Waals surface area contributed by atoms with Crippen LogP contribution in [0.25, 0.3) is 0 Å². The first-order chi connectivity index (χ1) is 11.7. The van der Waals surface area contributed by atoms with E-state index >= 15 is 0 Å². The summed E-state index contributed by atoms with van der Waals surface area (Å²) >= 11 is 0.